The smallest absolute Gasteiger partial charge is 0.118 e. The quantitative estimate of drug-likeness (QED) is 0.863. The van der Waals surface area contributed by atoms with Gasteiger partial charge in [-0.2, -0.15) is 0 Å². The van der Waals surface area contributed by atoms with Crippen molar-refractivity contribution in [3.8, 4) is 5.75 Å². The second kappa shape index (κ2) is 4.34. The summed E-state index contributed by atoms with van der Waals surface area (Å²) in [5.74, 6) is 1.85. The fourth-order valence-electron chi connectivity index (χ4n) is 3.36. The molecule has 17 heavy (non-hydrogen) atoms. The van der Waals surface area contributed by atoms with Crippen molar-refractivity contribution in [2.75, 3.05) is 20.2 Å². The Morgan fingerprint density at radius 1 is 1.12 bits per heavy atom. The van der Waals surface area contributed by atoms with Crippen molar-refractivity contribution in [2.24, 2.45) is 5.92 Å². The van der Waals surface area contributed by atoms with Gasteiger partial charge in [0.15, 0.2) is 0 Å². The first-order chi connectivity index (χ1) is 8.35. The topological polar surface area (TPSA) is 21.3 Å². The molecule has 0 aromatic heterocycles. The van der Waals surface area contributed by atoms with Crippen LogP contribution in [0, 0.1) is 5.92 Å². The first-order valence-corrected chi connectivity index (χ1v) is 6.70. The first-order valence-electron chi connectivity index (χ1n) is 6.70. The lowest BCUT2D eigenvalue weighted by molar-refractivity contribution is 0.302. The number of piperidine rings is 1. The van der Waals surface area contributed by atoms with Crippen LogP contribution in [0.15, 0.2) is 24.3 Å². The number of hydrogen-bond donors (Lipinski definition) is 1. The Hall–Kier alpha value is -1.02. The average Bonchev–Trinajstić information content (AvgIpc) is 3.21. The van der Waals surface area contributed by atoms with Crippen molar-refractivity contribution in [3.05, 3.63) is 29.8 Å². The lowest BCUT2D eigenvalue weighted by atomic mass is 9.77. The van der Waals surface area contributed by atoms with E-state index in [-0.39, 0.29) is 0 Å². The Bertz CT molecular complexity index is 374. The Morgan fingerprint density at radius 2 is 1.76 bits per heavy atom. The van der Waals surface area contributed by atoms with E-state index in [1.807, 2.05) is 0 Å². The van der Waals surface area contributed by atoms with Crippen LogP contribution in [-0.2, 0) is 5.41 Å². The monoisotopic (exact) mass is 231 g/mol. The van der Waals surface area contributed by atoms with Crippen molar-refractivity contribution in [2.45, 2.75) is 31.1 Å². The van der Waals surface area contributed by atoms with Gasteiger partial charge in [-0.15, -0.1) is 0 Å². The summed E-state index contributed by atoms with van der Waals surface area (Å²) < 4.78 is 5.24. The highest BCUT2D eigenvalue weighted by molar-refractivity contribution is 5.37. The minimum absolute atomic E-state index is 0.508. The summed E-state index contributed by atoms with van der Waals surface area (Å²) in [4.78, 5) is 0. The fraction of sp³-hybridized carbons (Fsp3) is 0.600. The van der Waals surface area contributed by atoms with Crippen LogP contribution in [-0.4, -0.2) is 20.2 Å². The molecule has 0 spiro atoms. The van der Waals surface area contributed by atoms with Gasteiger partial charge in [-0.3, -0.25) is 0 Å². The zero-order valence-corrected chi connectivity index (χ0v) is 10.5. The molecule has 92 valence electrons. The number of rotatable bonds is 3. The van der Waals surface area contributed by atoms with Gasteiger partial charge in [0.05, 0.1) is 7.11 Å². The Kier molecular flexibility index (Phi) is 2.83. The number of methoxy groups -OCH3 is 1. The minimum Gasteiger partial charge on any atom is -0.497 e. The van der Waals surface area contributed by atoms with Gasteiger partial charge in [0.25, 0.3) is 0 Å². The van der Waals surface area contributed by atoms with Crippen molar-refractivity contribution in [1.29, 1.82) is 0 Å². The minimum atomic E-state index is 0.508. The zero-order valence-electron chi connectivity index (χ0n) is 10.5. The molecule has 3 rings (SSSR count). The molecule has 1 aliphatic heterocycles. The fourth-order valence-corrected chi connectivity index (χ4v) is 3.36. The molecule has 1 aromatic rings. The van der Waals surface area contributed by atoms with Crippen LogP contribution in [0.5, 0.6) is 5.75 Å². The van der Waals surface area contributed by atoms with E-state index in [1.54, 1.807) is 7.11 Å². The molecule has 0 bridgehead atoms. The molecule has 1 saturated carbocycles. The molecule has 1 aliphatic carbocycles. The van der Waals surface area contributed by atoms with Gasteiger partial charge in [0.1, 0.15) is 5.75 Å². The van der Waals surface area contributed by atoms with Crippen LogP contribution in [0.4, 0.5) is 0 Å². The van der Waals surface area contributed by atoms with Crippen LogP contribution < -0.4 is 10.1 Å². The predicted molar refractivity (Wildman–Crippen MR) is 69.5 cm³/mol. The van der Waals surface area contributed by atoms with Crippen LogP contribution in [0.25, 0.3) is 0 Å². The largest absolute Gasteiger partial charge is 0.497 e. The summed E-state index contributed by atoms with van der Waals surface area (Å²) in [5, 5.41) is 3.46. The average molecular weight is 231 g/mol. The molecule has 1 aromatic carbocycles. The number of nitrogens with one attached hydrogen (secondary N) is 1. The van der Waals surface area contributed by atoms with E-state index >= 15 is 0 Å². The van der Waals surface area contributed by atoms with E-state index in [2.05, 4.69) is 29.6 Å². The third kappa shape index (κ3) is 1.95. The second-order valence-corrected chi connectivity index (χ2v) is 5.41. The van der Waals surface area contributed by atoms with Gasteiger partial charge in [-0.25, -0.2) is 0 Å². The van der Waals surface area contributed by atoms with E-state index < -0.39 is 0 Å². The SMILES string of the molecule is COc1ccc(C2(C3CCNCC3)CC2)cc1. The van der Waals surface area contributed by atoms with E-state index in [0.717, 1.165) is 11.7 Å². The summed E-state index contributed by atoms with van der Waals surface area (Å²) >= 11 is 0. The standard InChI is InChI=1S/C15H21NO/c1-17-14-4-2-12(3-5-14)15(8-9-15)13-6-10-16-11-7-13/h2-5,13,16H,6-11H2,1H3. The molecule has 0 atom stereocenters. The summed E-state index contributed by atoms with van der Waals surface area (Å²) in [7, 11) is 1.73. The Morgan fingerprint density at radius 3 is 2.29 bits per heavy atom. The lowest BCUT2D eigenvalue weighted by Gasteiger charge is -2.31. The molecule has 0 amide bonds. The van der Waals surface area contributed by atoms with Crippen LogP contribution in [0.2, 0.25) is 0 Å². The third-order valence-corrected chi connectivity index (χ3v) is 4.57. The lowest BCUT2D eigenvalue weighted by Crippen LogP contribution is -2.34. The highest BCUT2D eigenvalue weighted by Gasteiger charge is 2.50. The van der Waals surface area contributed by atoms with Crippen molar-refractivity contribution >= 4 is 0 Å². The van der Waals surface area contributed by atoms with Gasteiger partial charge in [0.2, 0.25) is 0 Å². The predicted octanol–water partition coefficient (Wildman–Crippen LogP) is 2.73. The third-order valence-electron chi connectivity index (χ3n) is 4.57. The number of benzene rings is 1. The molecular formula is C15H21NO. The molecule has 1 N–H and O–H groups in total. The molecule has 0 radical (unpaired) electrons. The Balaban J connectivity index is 1.81. The molecule has 1 heterocycles. The molecule has 0 unspecified atom stereocenters. The van der Waals surface area contributed by atoms with Gasteiger partial charge < -0.3 is 10.1 Å². The van der Waals surface area contributed by atoms with Crippen molar-refractivity contribution in [1.82, 2.24) is 5.32 Å². The Labute approximate surface area is 103 Å². The molecule has 2 nitrogen and oxygen atoms in total. The summed E-state index contributed by atoms with van der Waals surface area (Å²) in [5.41, 5.74) is 2.04. The molecule has 2 aliphatic rings. The van der Waals surface area contributed by atoms with Gasteiger partial charge in [-0.05, 0) is 67.8 Å². The molecule has 2 fully saturated rings. The summed E-state index contributed by atoms with van der Waals surface area (Å²) in [6.07, 6.45) is 5.44. The van der Waals surface area contributed by atoms with Gasteiger partial charge >= 0.3 is 0 Å². The maximum Gasteiger partial charge on any atom is 0.118 e. The van der Waals surface area contributed by atoms with Gasteiger partial charge in [-0.1, -0.05) is 12.1 Å². The van der Waals surface area contributed by atoms with E-state index in [1.165, 1.54) is 44.3 Å². The molecule has 1 saturated heterocycles. The zero-order chi connectivity index (χ0) is 11.7. The maximum atomic E-state index is 5.24. The van der Waals surface area contributed by atoms with Crippen molar-refractivity contribution < 1.29 is 4.74 Å². The van der Waals surface area contributed by atoms with Crippen molar-refractivity contribution in [3.63, 3.8) is 0 Å². The molecular weight excluding hydrogens is 210 g/mol. The number of hydrogen-bond acceptors (Lipinski definition) is 2. The van der Waals surface area contributed by atoms with Crippen LogP contribution in [0.3, 0.4) is 0 Å². The van der Waals surface area contributed by atoms with Crippen LogP contribution in [0.1, 0.15) is 31.2 Å². The summed E-state index contributed by atoms with van der Waals surface area (Å²) in [6, 6.07) is 8.76. The highest BCUT2D eigenvalue weighted by atomic mass is 16.5. The molecule has 2 heteroatoms. The second-order valence-electron chi connectivity index (χ2n) is 5.41. The van der Waals surface area contributed by atoms with E-state index in [0.29, 0.717) is 5.41 Å². The summed E-state index contributed by atoms with van der Waals surface area (Å²) in [6.45, 7) is 2.39. The van der Waals surface area contributed by atoms with Gasteiger partial charge in [0, 0.05) is 0 Å². The van der Waals surface area contributed by atoms with Crippen LogP contribution >= 0.6 is 0 Å². The normalized spacial score (nSPS) is 23.4. The highest BCUT2D eigenvalue weighted by Crippen LogP contribution is 2.56. The van der Waals surface area contributed by atoms with E-state index in [4.69, 9.17) is 4.74 Å². The first kappa shape index (κ1) is 11.1. The maximum absolute atomic E-state index is 5.24. The van der Waals surface area contributed by atoms with E-state index in [9.17, 15) is 0 Å². The number of ether oxygens (including phenoxy) is 1.